The van der Waals surface area contributed by atoms with Crippen LogP contribution in [0.3, 0.4) is 0 Å². The summed E-state index contributed by atoms with van der Waals surface area (Å²) in [5.74, 6) is 0.590. The van der Waals surface area contributed by atoms with Crippen LogP contribution in [0.2, 0.25) is 0 Å². The van der Waals surface area contributed by atoms with Gasteiger partial charge in [-0.15, -0.1) is 10.2 Å². The van der Waals surface area contributed by atoms with Crippen molar-refractivity contribution in [3.8, 4) is 34.0 Å². The van der Waals surface area contributed by atoms with Gasteiger partial charge in [-0.3, -0.25) is 0 Å². The second kappa shape index (κ2) is 6.99. The van der Waals surface area contributed by atoms with E-state index in [1.54, 1.807) is 0 Å². The van der Waals surface area contributed by atoms with E-state index < -0.39 is 0 Å². The van der Waals surface area contributed by atoms with E-state index in [2.05, 4.69) is 89.7 Å². The molecule has 5 rings (SSSR count). The van der Waals surface area contributed by atoms with E-state index in [1.165, 1.54) is 11.1 Å². The van der Waals surface area contributed by atoms with E-state index in [9.17, 15) is 0 Å². The molecule has 0 atom stereocenters. The number of nitrogens with one attached hydrogen (secondary N) is 1. The summed E-state index contributed by atoms with van der Waals surface area (Å²) in [7, 11) is 0. The minimum atomic E-state index is 0.590. The maximum absolute atomic E-state index is 4.93. The van der Waals surface area contributed by atoms with Crippen molar-refractivity contribution in [2.75, 3.05) is 0 Å². The normalized spacial score (nSPS) is 11.1. The molecule has 0 saturated heterocycles. The molecule has 29 heavy (non-hydrogen) atoms. The Morgan fingerprint density at radius 3 is 1.93 bits per heavy atom. The first-order chi connectivity index (χ1) is 14.2. The van der Waals surface area contributed by atoms with E-state index in [4.69, 9.17) is 4.98 Å². The zero-order valence-electron chi connectivity index (χ0n) is 16.3. The lowest BCUT2D eigenvalue weighted by Gasteiger charge is -2.10. The third-order valence-electron chi connectivity index (χ3n) is 5.11. The van der Waals surface area contributed by atoms with Gasteiger partial charge in [-0.05, 0) is 26.0 Å². The van der Waals surface area contributed by atoms with Crippen molar-refractivity contribution in [3.05, 3.63) is 90.0 Å². The van der Waals surface area contributed by atoms with Crippen molar-refractivity contribution in [1.82, 2.24) is 20.2 Å². The van der Waals surface area contributed by atoms with Gasteiger partial charge in [0.15, 0.2) is 5.82 Å². The smallest absolute Gasteiger partial charge is 0.198 e. The fourth-order valence-corrected chi connectivity index (χ4v) is 3.45. The van der Waals surface area contributed by atoms with E-state index in [0.29, 0.717) is 5.82 Å². The van der Waals surface area contributed by atoms with Crippen LogP contribution in [0.1, 0.15) is 11.1 Å². The lowest BCUT2D eigenvalue weighted by Crippen LogP contribution is -2.00. The van der Waals surface area contributed by atoms with Gasteiger partial charge in [-0.2, -0.15) is 0 Å². The Morgan fingerprint density at radius 2 is 1.28 bits per heavy atom. The van der Waals surface area contributed by atoms with E-state index >= 15 is 0 Å². The number of rotatable bonds is 3. The number of para-hydroxylation sites is 1. The van der Waals surface area contributed by atoms with Gasteiger partial charge in [0.25, 0.3) is 0 Å². The lowest BCUT2D eigenvalue weighted by molar-refractivity contribution is 0.985. The number of benzene rings is 3. The minimum Gasteiger partial charge on any atom is -0.352 e. The van der Waals surface area contributed by atoms with Crippen LogP contribution in [0.4, 0.5) is 0 Å². The molecule has 5 aromatic rings. The third-order valence-corrected chi connectivity index (χ3v) is 5.11. The first kappa shape index (κ1) is 17.3. The van der Waals surface area contributed by atoms with Crippen LogP contribution < -0.4 is 0 Å². The maximum atomic E-state index is 4.93. The van der Waals surface area contributed by atoms with Gasteiger partial charge in [-0.1, -0.05) is 77.9 Å². The Morgan fingerprint density at radius 1 is 0.655 bits per heavy atom. The SMILES string of the molecule is Cc1ccc(-c2nnc(-c3cc4ccccc4[nH]3)nc2-c2ccc(C)cc2)cc1. The number of H-pyrrole nitrogens is 1. The van der Waals surface area contributed by atoms with E-state index in [1.807, 2.05) is 18.2 Å². The molecule has 2 heterocycles. The molecule has 0 unspecified atom stereocenters. The summed E-state index contributed by atoms with van der Waals surface area (Å²) in [4.78, 5) is 8.33. The van der Waals surface area contributed by atoms with Gasteiger partial charge < -0.3 is 4.98 Å². The second-order valence-corrected chi connectivity index (χ2v) is 7.33. The highest BCUT2D eigenvalue weighted by atomic mass is 15.2. The molecule has 0 amide bonds. The number of nitrogens with zero attached hydrogens (tertiary/aromatic N) is 3. The number of fused-ring (bicyclic) bond motifs is 1. The first-order valence-corrected chi connectivity index (χ1v) is 9.64. The Hall–Kier alpha value is -3.79. The Labute approximate surface area is 169 Å². The lowest BCUT2D eigenvalue weighted by atomic mass is 10.0. The van der Waals surface area contributed by atoms with Crippen molar-refractivity contribution < 1.29 is 0 Å². The van der Waals surface area contributed by atoms with Gasteiger partial charge >= 0.3 is 0 Å². The highest BCUT2D eigenvalue weighted by Crippen LogP contribution is 2.31. The van der Waals surface area contributed by atoms with Crippen molar-refractivity contribution >= 4 is 10.9 Å². The standard InChI is InChI=1S/C25H20N4/c1-16-7-11-18(12-8-16)23-24(19-13-9-17(2)10-14-19)28-29-25(27-23)22-15-20-5-3-4-6-21(20)26-22/h3-15,26H,1-2H3. The van der Waals surface area contributed by atoms with Crippen LogP contribution in [-0.4, -0.2) is 20.2 Å². The molecule has 0 spiro atoms. The molecule has 4 heteroatoms. The topological polar surface area (TPSA) is 54.5 Å². The van der Waals surface area contributed by atoms with Crippen LogP contribution in [0.5, 0.6) is 0 Å². The molecule has 3 aromatic carbocycles. The van der Waals surface area contributed by atoms with Gasteiger partial charge in [-0.25, -0.2) is 4.98 Å². The van der Waals surface area contributed by atoms with Gasteiger partial charge in [0.2, 0.25) is 0 Å². The summed E-state index contributed by atoms with van der Waals surface area (Å²) in [6.45, 7) is 4.16. The molecular weight excluding hydrogens is 356 g/mol. The molecule has 0 fully saturated rings. The summed E-state index contributed by atoms with van der Waals surface area (Å²) in [6.07, 6.45) is 0. The fraction of sp³-hybridized carbons (Fsp3) is 0.0800. The van der Waals surface area contributed by atoms with Gasteiger partial charge in [0.05, 0.1) is 5.69 Å². The molecule has 0 radical (unpaired) electrons. The van der Waals surface area contributed by atoms with E-state index in [0.717, 1.165) is 39.1 Å². The number of hydrogen-bond donors (Lipinski definition) is 1. The van der Waals surface area contributed by atoms with Crippen molar-refractivity contribution in [2.45, 2.75) is 13.8 Å². The number of hydrogen-bond acceptors (Lipinski definition) is 3. The van der Waals surface area contributed by atoms with Crippen LogP contribution in [0.15, 0.2) is 78.9 Å². The molecule has 140 valence electrons. The highest BCUT2D eigenvalue weighted by molar-refractivity contribution is 5.85. The second-order valence-electron chi connectivity index (χ2n) is 7.33. The number of aromatic nitrogens is 4. The molecule has 0 aliphatic carbocycles. The van der Waals surface area contributed by atoms with Crippen molar-refractivity contribution in [2.24, 2.45) is 0 Å². The molecule has 0 aliphatic heterocycles. The summed E-state index contributed by atoms with van der Waals surface area (Å²) in [5, 5.41) is 10.2. The molecule has 2 aromatic heterocycles. The molecule has 0 saturated carbocycles. The predicted molar refractivity (Wildman–Crippen MR) is 117 cm³/mol. The monoisotopic (exact) mass is 376 g/mol. The molecule has 4 nitrogen and oxygen atoms in total. The van der Waals surface area contributed by atoms with Crippen LogP contribution in [0, 0.1) is 13.8 Å². The van der Waals surface area contributed by atoms with Crippen molar-refractivity contribution in [3.63, 3.8) is 0 Å². The van der Waals surface area contributed by atoms with Gasteiger partial charge in [0.1, 0.15) is 11.4 Å². The molecule has 0 aliphatic rings. The summed E-state index contributed by atoms with van der Waals surface area (Å²) < 4.78 is 0. The number of aryl methyl sites for hydroxylation is 2. The third kappa shape index (κ3) is 3.29. The average Bonchev–Trinajstić information content (AvgIpc) is 3.19. The zero-order valence-corrected chi connectivity index (χ0v) is 16.3. The average molecular weight is 376 g/mol. The highest BCUT2D eigenvalue weighted by Gasteiger charge is 2.15. The summed E-state index contributed by atoms with van der Waals surface area (Å²) in [5.41, 5.74) is 8.00. The van der Waals surface area contributed by atoms with Gasteiger partial charge in [0, 0.05) is 22.0 Å². The van der Waals surface area contributed by atoms with Crippen LogP contribution >= 0.6 is 0 Å². The Bertz CT molecular complexity index is 1270. The maximum Gasteiger partial charge on any atom is 0.198 e. The van der Waals surface area contributed by atoms with Crippen molar-refractivity contribution in [1.29, 1.82) is 0 Å². The first-order valence-electron chi connectivity index (χ1n) is 9.64. The Balaban J connectivity index is 1.69. The minimum absolute atomic E-state index is 0.590. The molecule has 0 bridgehead atoms. The fourth-order valence-electron chi connectivity index (χ4n) is 3.45. The Kier molecular flexibility index (Phi) is 4.17. The van der Waals surface area contributed by atoms with Crippen LogP contribution in [-0.2, 0) is 0 Å². The largest absolute Gasteiger partial charge is 0.352 e. The number of aromatic amines is 1. The molecule has 1 N–H and O–H groups in total. The predicted octanol–water partition coefficient (Wildman–Crippen LogP) is 5.97. The van der Waals surface area contributed by atoms with E-state index in [-0.39, 0.29) is 0 Å². The molecular formula is C25H20N4. The quantitative estimate of drug-likeness (QED) is 0.422. The van der Waals surface area contributed by atoms with Crippen LogP contribution in [0.25, 0.3) is 44.9 Å². The zero-order chi connectivity index (χ0) is 19.8. The summed E-state index contributed by atoms with van der Waals surface area (Å²) >= 11 is 0. The summed E-state index contributed by atoms with van der Waals surface area (Å²) in [6, 6.07) is 26.9.